The van der Waals surface area contributed by atoms with Crippen LogP contribution in [0.25, 0.3) is 0 Å². The maximum atomic E-state index is 12.5. The number of aryl methyl sites for hydroxylation is 2. The average molecular weight is 329 g/mol. The van der Waals surface area contributed by atoms with Gasteiger partial charge < -0.3 is 10.6 Å². The summed E-state index contributed by atoms with van der Waals surface area (Å²) in [6.07, 6.45) is 2.96. The number of anilines is 2. The molecule has 1 atom stereocenters. The molecule has 1 aliphatic heterocycles. The molecule has 1 aliphatic rings. The fraction of sp³-hybridized carbons (Fsp3) is 0.526. The molecule has 2 amide bonds. The van der Waals surface area contributed by atoms with Gasteiger partial charge in [0.05, 0.1) is 5.92 Å². The number of hydrogen-bond acceptors (Lipinski definition) is 3. The highest BCUT2D eigenvalue weighted by molar-refractivity contribution is 6.09. The molecule has 0 saturated heterocycles. The maximum absolute atomic E-state index is 12.5. The number of nitrogens with one attached hydrogen (secondary N) is 2. The van der Waals surface area contributed by atoms with Gasteiger partial charge in [0.2, 0.25) is 11.8 Å². The molecule has 0 aliphatic carbocycles. The van der Waals surface area contributed by atoms with Crippen LogP contribution in [-0.2, 0) is 16.0 Å². The molecule has 5 heteroatoms. The van der Waals surface area contributed by atoms with Gasteiger partial charge in [-0.25, -0.2) is 0 Å². The van der Waals surface area contributed by atoms with Gasteiger partial charge in [0.1, 0.15) is 0 Å². The van der Waals surface area contributed by atoms with Gasteiger partial charge in [-0.2, -0.15) is 0 Å². The third kappa shape index (κ3) is 4.22. The summed E-state index contributed by atoms with van der Waals surface area (Å²) in [6.45, 7) is 8.72. The van der Waals surface area contributed by atoms with Gasteiger partial charge in [0.25, 0.3) is 0 Å². The van der Waals surface area contributed by atoms with Gasteiger partial charge in [-0.3, -0.25) is 14.6 Å². The summed E-state index contributed by atoms with van der Waals surface area (Å²) < 4.78 is 0. The highest BCUT2D eigenvalue weighted by atomic mass is 16.2. The molecule has 1 aromatic carbocycles. The lowest BCUT2D eigenvalue weighted by atomic mass is 9.98. The Morgan fingerprint density at radius 1 is 1.33 bits per heavy atom. The van der Waals surface area contributed by atoms with Crippen molar-refractivity contribution in [2.24, 2.45) is 10.9 Å². The number of carbonyl (C=O) groups is 2. The van der Waals surface area contributed by atoms with Crippen molar-refractivity contribution in [3.63, 3.8) is 0 Å². The van der Waals surface area contributed by atoms with Crippen LogP contribution in [-0.4, -0.2) is 24.1 Å². The topological polar surface area (TPSA) is 70.6 Å². The van der Waals surface area contributed by atoms with Gasteiger partial charge in [0.15, 0.2) is 0 Å². The molecule has 0 aromatic heterocycles. The van der Waals surface area contributed by atoms with E-state index in [1.54, 1.807) is 0 Å². The highest BCUT2D eigenvalue weighted by Gasteiger charge is 2.21. The van der Waals surface area contributed by atoms with Crippen LogP contribution in [0.15, 0.2) is 17.1 Å². The SMILES string of the molecule is CCCN=C(CC)C(C)C(=O)Nc1cc(C)c2c(c1)CCC(=O)N2. The molecule has 1 aromatic rings. The Hall–Kier alpha value is -2.17. The summed E-state index contributed by atoms with van der Waals surface area (Å²) in [5.74, 6) is -0.223. The van der Waals surface area contributed by atoms with Crippen LogP contribution in [0.4, 0.5) is 11.4 Å². The van der Waals surface area contributed by atoms with Crippen LogP contribution >= 0.6 is 0 Å². The molecule has 24 heavy (non-hydrogen) atoms. The minimum atomic E-state index is -0.238. The number of rotatable bonds is 6. The monoisotopic (exact) mass is 329 g/mol. The van der Waals surface area contributed by atoms with Crippen molar-refractivity contribution >= 4 is 28.9 Å². The number of amides is 2. The summed E-state index contributed by atoms with van der Waals surface area (Å²) in [7, 11) is 0. The quantitative estimate of drug-likeness (QED) is 0.781. The summed E-state index contributed by atoms with van der Waals surface area (Å²) in [5, 5.41) is 5.91. The third-order valence-corrected chi connectivity index (χ3v) is 4.36. The number of fused-ring (bicyclic) bond motifs is 1. The normalized spacial score (nSPS) is 15.5. The van der Waals surface area contributed by atoms with Crippen LogP contribution in [0.1, 0.15) is 51.2 Å². The van der Waals surface area contributed by atoms with Crippen molar-refractivity contribution < 1.29 is 9.59 Å². The third-order valence-electron chi connectivity index (χ3n) is 4.36. The predicted octanol–water partition coefficient (Wildman–Crippen LogP) is 3.72. The van der Waals surface area contributed by atoms with Crippen molar-refractivity contribution in [1.82, 2.24) is 0 Å². The van der Waals surface area contributed by atoms with E-state index in [0.717, 1.165) is 47.6 Å². The fourth-order valence-electron chi connectivity index (χ4n) is 2.97. The molecule has 1 unspecified atom stereocenters. The van der Waals surface area contributed by atoms with Crippen LogP contribution in [0, 0.1) is 12.8 Å². The molecular formula is C19H27N3O2. The van der Waals surface area contributed by atoms with Gasteiger partial charge in [0, 0.05) is 30.1 Å². The molecular weight excluding hydrogens is 302 g/mol. The summed E-state index contributed by atoms with van der Waals surface area (Å²) in [6, 6.07) is 3.87. The van der Waals surface area contributed by atoms with Gasteiger partial charge in [-0.1, -0.05) is 13.8 Å². The van der Waals surface area contributed by atoms with E-state index < -0.39 is 0 Å². The largest absolute Gasteiger partial charge is 0.326 e. The summed E-state index contributed by atoms with van der Waals surface area (Å²) >= 11 is 0. The minimum Gasteiger partial charge on any atom is -0.326 e. The highest BCUT2D eigenvalue weighted by Crippen LogP contribution is 2.30. The van der Waals surface area contributed by atoms with Crippen molar-refractivity contribution in [2.45, 2.75) is 53.4 Å². The van der Waals surface area contributed by atoms with Gasteiger partial charge in [-0.05, 0) is 56.4 Å². The molecule has 0 radical (unpaired) electrons. The van der Waals surface area contributed by atoms with Crippen LogP contribution in [0.2, 0.25) is 0 Å². The van der Waals surface area contributed by atoms with E-state index in [2.05, 4.69) is 22.5 Å². The van der Waals surface area contributed by atoms with E-state index in [0.29, 0.717) is 12.8 Å². The second-order valence-corrected chi connectivity index (χ2v) is 6.31. The Morgan fingerprint density at radius 2 is 2.08 bits per heavy atom. The Labute approximate surface area is 143 Å². The Kier molecular flexibility index (Phi) is 6.12. The Balaban J connectivity index is 2.14. The molecule has 0 fully saturated rings. The molecule has 0 saturated carbocycles. The zero-order valence-corrected chi connectivity index (χ0v) is 15.0. The first kappa shape index (κ1) is 18.2. The van der Waals surface area contributed by atoms with E-state index in [-0.39, 0.29) is 17.7 Å². The summed E-state index contributed by atoms with van der Waals surface area (Å²) in [4.78, 5) is 28.6. The second-order valence-electron chi connectivity index (χ2n) is 6.31. The van der Waals surface area contributed by atoms with Crippen molar-refractivity contribution in [1.29, 1.82) is 0 Å². The Morgan fingerprint density at radius 3 is 2.75 bits per heavy atom. The first-order valence-corrected chi connectivity index (χ1v) is 8.73. The predicted molar refractivity (Wildman–Crippen MR) is 98.8 cm³/mol. The Bertz CT molecular complexity index is 665. The van der Waals surface area contributed by atoms with E-state index >= 15 is 0 Å². The first-order valence-electron chi connectivity index (χ1n) is 8.73. The van der Waals surface area contributed by atoms with E-state index in [1.807, 2.05) is 32.9 Å². The lowest BCUT2D eigenvalue weighted by Gasteiger charge is -2.21. The zero-order valence-electron chi connectivity index (χ0n) is 15.0. The molecule has 0 bridgehead atoms. The second kappa shape index (κ2) is 8.08. The lowest BCUT2D eigenvalue weighted by molar-refractivity contribution is -0.118. The number of hydrogen-bond donors (Lipinski definition) is 2. The molecule has 2 N–H and O–H groups in total. The van der Waals surface area contributed by atoms with Crippen LogP contribution in [0.5, 0.6) is 0 Å². The van der Waals surface area contributed by atoms with E-state index in [9.17, 15) is 9.59 Å². The zero-order chi connectivity index (χ0) is 17.7. The van der Waals surface area contributed by atoms with Crippen molar-refractivity contribution in [3.8, 4) is 0 Å². The molecule has 130 valence electrons. The van der Waals surface area contributed by atoms with Crippen LogP contribution < -0.4 is 10.6 Å². The fourth-order valence-corrected chi connectivity index (χ4v) is 2.97. The molecule has 2 rings (SSSR count). The van der Waals surface area contributed by atoms with Crippen molar-refractivity contribution in [3.05, 3.63) is 23.3 Å². The summed E-state index contributed by atoms with van der Waals surface area (Å²) in [5.41, 5.74) is 4.66. The van der Waals surface area contributed by atoms with Crippen LogP contribution in [0.3, 0.4) is 0 Å². The first-order chi connectivity index (χ1) is 11.5. The minimum absolute atomic E-state index is 0.0362. The number of nitrogens with zero attached hydrogens (tertiary/aromatic N) is 1. The standard InChI is InChI=1S/C19H27N3O2/c1-5-9-20-16(6-2)13(4)19(24)21-15-10-12(3)18-14(11-15)7-8-17(23)22-18/h10-11,13H,5-9H2,1-4H3,(H,21,24)(H,22,23). The lowest BCUT2D eigenvalue weighted by Crippen LogP contribution is -2.27. The maximum Gasteiger partial charge on any atom is 0.232 e. The van der Waals surface area contributed by atoms with E-state index in [1.165, 1.54) is 0 Å². The van der Waals surface area contributed by atoms with Crippen molar-refractivity contribution in [2.75, 3.05) is 17.2 Å². The van der Waals surface area contributed by atoms with E-state index in [4.69, 9.17) is 0 Å². The molecule has 1 heterocycles. The number of benzene rings is 1. The number of carbonyl (C=O) groups excluding carboxylic acids is 2. The molecule has 0 spiro atoms. The average Bonchev–Trinajstić information content (AvgIpc) is 2.56. The molecule has 5 nitrogen and oxygen atoms in total. The van der Waals surface area contributed by atoms with Gasteiger partial charge >= 0.3 is 0 Å². The van der Waals surface area contributed by atoms with Gasteiger partial charge in [-0.15, -0.1) is 0 Å². The number of aliphatic imine (C=N–C) groups is 1. The smallest absolute Gasteiger partial charge is 0.232 e.